The Morgan fingerprint density at radius 1 is 0.671 bits per heavy atom. The molecule has 1 aliphatic rings. The summed E-state index contributed by atoms with van der Waals surface area (Å²) in [5.74, 6) is -14.9. The lowest BCUT2D eigenvalue weighted by Crippen LogP contribution is -2.62. The van der Waals surface area contributed by atoms with E-state index in [9.17, 15) is 82.8 Å². The Kier molecular flexibility index (Phi) is 23.5. The fourth-order valence-corrected chi connectivity index (χ4v) is 8.13. The smallest absolute Gasteiger partial charge is 0.336 e. The van der Waals surface area contributed by atoms with Gasteiger partial charge in [-0.25, -0.2) is 9.59 Å². The van der Waals surface area contributed by atoms with E-state index in [0.29, 0.717) is 23.8 Å². The highest BCUT2D eigenvalue weighted by atomic mass is 16.5. The van der Waals surface area contributed by atoms with Crippen LogP contribution in [0.25, 0.3) is 11.0 Å². The molecule has 76 heavy (non-hydrogen) atoms. The summed E-state index contributed by atoms with van der Waals surface area (Å²) in [5.41, 5.74) is 0.245. The molecule has 0 spiro atoms. The van der Waals surface area contributed by atoms with Crippen LogP contribution in [0.15, 0.2) is 33.5 Å². The van der Waals surface area contributed by atoms with E-state index >= 15 is 0 Å². The van der Waals surface area contributed by atoms with Crippen molar-refractivity contribution in [1.29, 1.82) is 0 Å². The van der Waals surface area contributed by atoms with Gasteiger partial charge in [0.2, 0.25) is 47.3 Å². The van der Waals surface area contributed by atoms with Gasteiger partial charge in [-0.2, -0.15) is 0 Å². The number of benzene rings is 1. The highest BCUT2D eigenvalue weighted by Gasteiger charge is 2.42. The molecule has 0 radical (unpaired) electrons. The Labute approximate surface area is 436 Å². The van der Waals surface area contributed by atoms with Crippen LogP contribution in [0, 0.1) is 18.8 Å². The van der Waals surface area contributed by atoms with Crippen LogP contribution in [0.4, 0.5) is 0 Å². The summed E-state index contributed by atoms with van der Waals surface area (Å²) < 4.78 is 10.8. The molecule has 1 aromatic heterocycles. The van der Waals surface area contributed by atoms with E-state index in [0.717, 1.165) is 13.8 Å². The Morgan fingerprint density at radius 3 is 1.75 bits per heavy atom. The van der Waals surface area contributed by atoms with Crippen LogP contribution in [-0.4, -0.2) is 157 Å². The number of carboxylic acids is 3. The second-order valence-corrected chi connectivity index (χ2v) is 19.1. The predicted octanol–water partition coefficient (Wildman–Crippen LogP) is -1.28. The number of aliphatic hydroxyl groups excluding tert-OH is 1. The molecule has 27 nitrogen and oxygen atoms in total. The first-order valence-corrected chi connectivity index (χ1v) is 24.5. The number of aliphatic hydroxyl groups is 1. The first-order chi connectivity index (χ1) is 35.5. The number of aliphatic carboxylic acids is 3. The van der Waals surface area contributed by atoms with Gasteiger partial charge in [-0.3, -0.25) is 52.7 Å². The molecule has 0 saturated carbocycles. The van der Waals surface area contributed by atoms with Crippen molar-refractivity contribution in [2.75, 3.05) is 6.54 Å². The average molecular weight is 1070 g/mol. The molecule has 418 valence electrons. The Balaban J connectivity index is 1.79. The number of hydrogen-bond donors (Lipinski definition) is 11. The maximum atomic E-state index is 14.3. The van der Waals surface area contributed by atoms with E-state index in [2.05, 4.69) is 37.2 Å². The summed E-state index contributed by atoms with van der Waals surface area (Å²) in [6.07, 6.45) is -4.10. The standard InChI is InChI=1S/C49H68N8O19/c1-9-11-30(49(74)75-27-13-14-28-24(6)18-38(66)76-34(28)19-27)52-45(70)33-12-10-17-57(33)48(73)40(23(4)5)55-46(71)39(22(2)3)54-44(69)32(21-37(64)65)53-42(67)29(15-16-35(60)61)51-47(72)41(25(7)58)56-43(68)31(20-36(62)63)50-26(8)59/h13-14,18-19,22-23,25,29-33,39-41,58H,9-12,15-17,20-21H2,1-8H3,(H,50,59)(H,51,72)(H,52,70)(H,53,67)(H,54,69)(H,55,71)(H,56,68)(H,60,61)(H,62,63)(H,64,65)/t25-,29+,30+,31+,32+,33+,39+,40+,41+/m1/s1. The van der Waals surface area contributed by atoms with Gasteiger partial charge < -0.3 is 71.7 Å². The molecule has 0 aliphatic carbocycles. The molecule has 1 saturated heterocycles. The number of nitrogens with one attached hydrogen (secondary N) is 7. The molecule has 2 aromatic rings. The zero-order valence-corrected chi connectivity index (χ0v) is 43.4. The Hall–Kier alpha value is -7.97. The lowest BCUT2D eigenvalue weighted by Gasteiger charge is -2.33. The summed E-state index contributed by atoms with van der Waals surface area (Å²) in [6.45, 7) is 11.8. The number of esters is 1. The Bertz CT molecular complexity index is 2560. The van der Waals surface area contributed by atoms with Gasteiger partial charge in [-0.1, -0.05) is 41.0 Å². The van der Waals surface area contributed by atoms with Gasteiger partial charge in [0, 0.05) is 37.4 Å². The number of fused-ring (bicyclic) bond motifs is 1. The molecular weight excluding hydrogens is 1000 g/mol. The van der Waals surface area contributed by atoms with Gasteiger partial charge in [0.15, 0.2) is 0 Å². The molecule has 1 aliphatic heterocycles. The summed E-state index contributed by atoms with van der Waals surface area (Å²) >= 11 is 0. The van der Waals surface area contributed by atoms with Gasteiger partial charge in [0.1, 0.15) is 59.7 Å². The summed E-state index contributed by atoms with van der Waals surface area (Å²) in [7, 11) is 0. The van der Waals surface area contributed by atoms with E-state index in [1.165, 1.54) is 36.9 Å². The Morgan fingerprint density at radius 2 is 1.21 bits per heavy atom. The number of likely N-dealkylation sites (tertiary alicyclic amines) is 1. The largest absolute Gasteiger partial charge is 0.481 e. The molecule has 9 atom stereocenters. The maximum absolute atomic E-state index is 14.3. The summed E-state index contributed by atoms with van der Waals surface area (Å²) in [4.78, 5) is 169. The number of nitrogens with zero attached hydrogens (tertiary/aromatic N) is 1. The fourth-order valence-electron chi connectivity index (χ4n) is 8.13. The van der Waals surface area contributed by atoms with Crippen molar-refractivity contribution in [3.05, 3.63) is 40.2 Å². The van der Waals surface area contributed by atoms with Crippen LogP contribution < -0.4 is 47.6 Å². The van der Waals surface area contributed by atoms with Crippen molar-refractivity contribution in [3.63, 3.8) is 0 Å². The quantitative estimate of drug-likeness (QED) is 0.0268. The number of ether oxygens (including phenoxy) is 1. The summed E-state index contributed by atoms with van der Waals surface area (Å²) in [6, 6.07) is -6.74. The molecule has 8 amide bonds. The first-order valence-electron chi connectivity index (χ1n) is 24.5. The number of rotatable bonds is 28. The molecule has 0 bridgehead atoms. The highest BCUT2D eigenvalue weighted by Crippen LogP contribution is 2.24. The molecular formula is C49H68N8O19. The number of hydrogen-bond acceptors (Lipinski definition) is 16. The zero-order chi connectivity index (χ0) is 57.3. The number of aryl methyl sites for hydroxylation is 1. The first kappa shape index (κ1) is 62.3. The zero-order valence-electron chi connectivity index (χ0n) is 43.4. The normalized spacial score (nSPS) is 16.4. The summed E-state index contributed by atoms with van der Waals surface area (Å²) in [5, 5.41) is 55.5. The second kappa shape index (κ2) is 28.6. The van der Waals surface area contributed by atoms with Crippen LogP contribution >= 0.6 is 0 Å². The highest BCUT2D eigenvalue weighted by molar-refractivity contribution is 5.99. The van der Waals surface area contributed by atoms with Gasteiger partial charge in [0.05, 0.1) is 18.9 Å². The monoisotopic (exact) mass is 1070 g/mol. The molecule has 11 N–H and O–H groups in total. The number of carbonyl (C=O) groups excluding carboxylic acids is 9. The van der Waals surface area contributed by atoms with Crippen molar-refractivity contribution < 1.29 is 87.1 Å². The van der Waals surface area contributed by atoms with Gasteiger partial charge in [0.25, 0.3) is 0 Å². The van der Waals surface area contributed by atoms with Crippen LogP contribution in [0.1, 0.15) is 105 Å². The van der Waals surface area contributed by atoms with E-state index < -0.39 is 169 Å². The van der Waals surface area contributed by atoms with Crippen molar-refractivity contribution >= 4 is 82.1 Å². The SMILES string of the molecule is CCC[C@H](NC(=O)[C@@H]1CCCN1C(=O)[C@@H](NC(=O)[C@@H](NC(=O)[C@H](CC(=O)O)NC(=O)[C@H](CCC(=O)O)NC(=O)[C@@H](NC(=O)[C@H](CC(=O)O)NC(C)=O)[C@@H](C)O)C(C)C)C(C)C)C(=O)Oc1ccc2c(C)cc(=O)oc2c1. The maximum Gasteiger partial charge on any atom is 0.336 e. The van der Waals surface area contributed by atoms with Gasteiger partial charge >= 0.3 is 29.5 Å². The van der Waals surface area contributed by atoms with Crippen LogP contribution in [0.5, 0.6) is 5.75 Å². The lowest BCUT2D eigenvalue weighted by molar-refractivity contribution is -0.145. The van der Waals surface area contributed by atoms with Crippen LogP contribution in [0.3, 0.4) is 0 Å². The molecule has 0 unspecified atom stereocenters. The number of carboxylic acid groups (broad SMARTS) is 3. The fraction of sp³-hybridized carbons (Fsp3) is 0.571. The van der Waals surface area contributed by atoms with Crippen LogP contribution in [0.2, 0.25) is 0 Å². The number of amides is 8. The third-order valence-electron chi connectivity index (χ3n) is 12.1. The third kappa shape index (κ3) is 18.4. The molecule has 2 heterocycles. The van der Waals surface area contributed by atoms with Crippen molar-refractivity contribution in [1.82, 2.24) is 42.1 Å². The topological polar surface area (TPSA) is 413 Å². The number of carbonyl (C=O) groups is 12. The van der Waals surface area contributed by atoms with E-state index in [4.69, 9.17) is 9.15 Å². The average Bonchev–Trinajstić information content (AvgIpc) is 3.81. The molecule has 27 heteroatoms. The third-order valence-corrected chi connectivity index (χ3v) is 12.1. The second-order valence-electron chi connectivity index (χ2n) is 19.1. The van der Waals surface area contributed by atoms with Gasteiger partial charge in [-0.05, 0) is 69.1 Å². The molecule has 1 fully saturated rings. The van der Waals surface area contributed by atoms with Crippen LogP contribution in [-0.2, 0) is 57.5 Å². The minimum Gasteiger partial charge on any atom is -0.481 e. The van der Waals surface area contributed by atoms with Crippen molar-refractivity contribution in [3.8, 4) is 5.75 Å². The molecule has 1 aromatic carbocycles. The van der Waals surface area contributed by atoms with E-state index in [-0.39, 0.29) is 30.7 Å². The van der Waals surface area contributed by atoms with Gasteiger partial charge in [-0.15, -0.1) is 0 Å². The minimum absolute atomic E-state index is 0.0577. The van der Waals surface area contributed by atoms with Crippen molar-refractivity contribution in [2.45, 2.75) is 161 Å². The predicted molar refractivity (Wildman–Crippen MR) is 264 cm³/mol. The molecule has 3 rings (SSSR count). The van der Waals surface area contributed by atoms with Crippen molar-refractivity contribution in [2.24, 2.45) is 11.8 Å². The van der Waals surface area contributed by atoms with E-state index in [1.54, 1.807) is 33.8 Å². The lowest BCUT2D eigenvalue weighted by atomic mass is 9.98. The van der Waals surface area contributed by atoms with E-state index in [1.807, 2.05) is 0 Å². The minimum atomic E-state index is -2.00.